The summed E-state index contributed by atoms with van der Waals surface area (Å²) in [6.45, 7) is 8.14. The van der Waals surface area contributed by atoms with E-state index in [1.54, 1.807) is 6.92 Å². The van der Waals surface area contributed by atoms with Gasteiger partial charge in [-0.25, -0.2) is 0 Å². The first-order valence-electron chi connectivity index (χ1n) is 6.80. The molecule has 2 atom stereocenters. The van der Waals surface area contributed by atoms with Gasteiger partial charge in [-0.3, -0.25) is 4.79 Å². The fourth-order valence-electron chi connectivity index (χ4n) is 1.73. The predicted molar refractivity (Wildman–Crippen MR) is 75.1 cm³/mol. The normalized spacial score (nSPS) is 15.4. The van der Waals surface area contributed by atoms with Crippen LogP contribution in [0.1, 0.15) is 47.0 Å². The van der Waals surface area contributed by atoms with Crippen LogP contribution >= 0.6 is 0 Å². The van der Waals surface area contributed by atoms with Crippen molar-refractivity contribution >= 4 is 16.2 Å². The molecule has 19 heavy (non-hydrogen) atoms. The van der Waals surface area contributed by atoms with Crippen LogP contribution in [-0.4, -0.2) is 42.9 Å². The van der Waals surface area contributed by atoms with Gasteiger partial charge in [-0.05, 0) is 18.8 Å². The molecule has 0 heterocycles. The van der Waals surface area contributed by atoms with Crippen molar-refractivity contribution in [3.05, 3.63) is 0 Å². The largest absolute Gasteiger partial charge is 0.480 e. The van der Waals surface area contributed by atoms with E-state index < -0.39 is 22.2 Å². The van der Waals surface area contributed by atoms with Crippen molar-refractivity contribution in [2.75, 3.05) is 13.1 Å². The van der Waals surface area contributed by atoms with Crippen LogP contribution in [0.15, 0.2) is 0 Å². The van der Waals surface area contributed by atoms with Crippen LogP contribution in [0.3, 0.4) is 0 Å². The highest BCUT2D eigenvalue weighted by atomic mass is 32.2. The number of rotatable bonds is 10. The highest BCUT2D eigenvalue weighted by molar-refractivity contribution is 7.87. The zero-order valence-electron chi connectivity index (χ0n) is 12.2. The van der Waals surface area contributed by atoms with Crippen LogP contribution in [0.2, 0.25) is 0 Å². The van der Waals surface area contributed by atoms with Gasteiger partial charge in [-0.1, -0.05) is 34.1 Å². The van der Waals surface area contributed by atoms with Gasteiger partial charge in [-0.15, -0.1) is 0 Å². The van der Waals surface area contributed by atoms with Gasteiger partial charge >= 0.3 is 5.97 Å². The predicted octanol–water partition coefficient (Wildman–Crippen LogP) is 1.44. The van der Waals surface area contributed by atoms with Crippen LogP contribution in [-0.2, 0) is 15.0 Å². The Labute approximate surface area is 116 Å². The number of carbonyl (C=O) groups is 1. The average Bonchev–Trinajstić information content (AvgIpc) is 2.34. The van der Waals surface area contributed by atoms with Gasteiger partial charge in [0, 0.05) is 13.1 Å². The number of aliphatic carboxylic acids is 1. The summed E-state index contributed by atoms with van der Waals surface area (Å²) < 4.78 is 28.0. The number of hydrogen-bond acceptors (Lipinski definition) is 3. The molecule has 0 amide bonds. The maximum Gasteiger partial charge on any atom is 0.322 e. The third-order valence-electron chi connectivity index (χ3n) is 3.04. The molecule has 0 fully saturated rings. The lowest BCUT2D eigenvalue weighted by atomic mass is 10.0. The Kier molecular flexibility index (Phi) is 8.20. The summed E-state index contributed by atoms with van der Waals surface area (Å²) in [6.07, 6.45) is 1.99. The number of nitrogens with one attached hydrogen (secondary N) is 1. The first-order chi connectivity index (χ1) is 8.80. The Bertz CT molecular complexity index is 364. The summed E-state index contributed by atoms with van der Waals surface area (Å²) >= 11 is 0. The fourth-order valence-corrected chi connectivity index (χ4v) is 3.38. The van der Waals surface area contributed by atoms with E-state index in [0.29, 0.717) is 32.4 Å². The van der Waals surface area contributed by atoms with Crippen molar-refractivity contribution < 1.29 is 18.3 Å². The summed E-state index contributed by atoms with van der Waals surface area (Å²) in [4.78, 5) is 11.2. The van der Waals surface area contributed by atoms with Crippen molar-refractivity contribution in [2.45, 2.75) is 53.0 Å². The monoisotopic (exact) mass is 294 g/mol. The molecular formula is C12H26N2O4S. The molecule has 0 bridgehead atoms. The van der Waals surface area contributed by atoms with Crippen LogP contribution in [0, 0.1) is 5.92 Å². The van der Waals surface area contributed by atoms with E-state index in [4.69, 9.17) is 5.11 Å². The molecule has 0 radical (unpaired) electrons. The fraction of sp³-hybridized carbons (Fsp3) is 0.917. The Balaban J connectivity index is 5.01. The van der Waals surface area contributed by atoms with Crippen molar-refractivity contribution in [1.29, 1.82) is 0 Å². The molecule has 0 unspecified atom stereocenters. The lowest BCUT2D eigenvalue weighted by Gasteiger charge is -2.26. The highest BCUT2D eigenvalue weighted by Crippen LogP contribution is 2.11. The molecule has 0 rings (SSSR count). The molecule has 7 heteroatoms. The van der Waals surface area contributed by atoms with Crippen molar-refractivity contribution in [1.82, 2.24) is 9.03 Å². The highest BCUT2D eigenvalue weighted by Gasteiger charge is 2.31. The number of nitrogens with zero attached hydrogens (tertiary/aromatic N) is 1. The maximum absolute atomic E-state index is 12.2. The van der Waals surface area contributed by atoms with E-state index >= 15 is 0 Å². The van der Waals surface area contributed by atoms with Crippen molar-refractivity contribution in [3.8, 4) is 0 Å². The molecule has 0 aliphatic carbocycles. The molecule has 0 aromatic carbocycles. The minimum absolute atomic E-state index is 0.252. The Hall–Kier alpha value is -0.660. The molecule has 0 aromatic rings. The molecule has 2 N–H and O–H groups in total. The third kappa shape index (κ3) is 5.88. The molecule has 0 saturated heterocycles. The van der Waals surface area contributed by atoms with E-state index in [1.165, 1.54) is 4.31 Å². The molecule has 0 aliphatic rings. The van der Waals surface area contributed by atoms with Gasteiger partial charge in [0.05, 0.1) is 0 Å². The summed E-state index contributed by atoms with van der Waals surface area (Å²) in [5.41, 5.74) is 0. The molecule has 0 aromatic heterocycles. The third-order valence-corrected chi connectivity index (χ3v) is 4.64. The SMILES string of the molecule is CCCN(CCC)S(=O)(=O)N[C@H](C(=O)O)[C@@H](C)CC. The van der Waals surface area contributed by atoms with Crippen LogP contribution < -0.4 is 4.72 Å². The smallest absolute Gasteiger partial charge is 0.322 e. The van der Waals surface area contributed by atoms with Crippen molar-refractivity contribution in [3.63, 3.8) is 0 Å². The number of carboxylic acids is 1. The summed E-state index contributed by atoms with van der Waals surface area (Å²) in [5.74, 6) is -1.39. The van der Waals surface area contributed by atoms with Crippen molar-refractivity contribution in [2.24, 2.45) is 5.92 Å². The average molecular weight is 294 g/mol. The standard InChI is InChI=1S/C12H26N2O4S/c1-5-8-14(9-6-2)19(17,18)13-11(12(15)16)10(4)7-3/h10-11,13H,5-9H2,1-4H3,(H,15,16)/t10-,11-/m0/s1. The molecular weight excluding hydrogens is 268 g/mol. The zero-order valence-corrected chi connectivity index (χ0v) is 13.0. The Morgan fingerprint density at radius 1 is 1.21 bits per heavy atom. The zero-order chi connectivity index (χ0) is 15.1. The van der Waals surface area contributed by atoms with Gasteiger partial charge in [0.15, 0.2) is 0 Å². The van der Waals surface area contributed by atoms with Gasteiger partial charge in [0.2, 0.25) is 0 Å². The van der Waals surface area contributed by atoms with Gasteiger partial charge in [-0.2, -0.15) is 17.4 Å². The summed E-state index contributed by atoms with van der Waals surface area (Å²) in [5, 5.41) is 9.13. The van der Waals surface area contributed by atoms with E-state index in [9.17, 15) is 13.2 Å². The summed E-state index contributed by atoms with van der Waals surface area (Å²) in [7, 11) is -3.74. The van der Waals surface area contributed by atoms with Gasteiger partial charge in [0.25, 0.3) is 10.2 Å². The van der Waals surface area contributed by atoms with Crippen LogP contribution in [0.5, 0.6) is 0 Å². The minimum atomic E-state index is -3.74. The first kappa shape index (κ1) is 18.3. The lowest BCUT2D eigenvalue weighted by molar-refractivity contribution is -0.140. The van der Waals surface area contributed by atoms with E-state index in [0.717, 1.165) is 0 Å². The second-order valence-corrected chi connectivity index (χ2v) is 6.43. The first-order valence-corrected chi connectivity index (χ1v) is 8.24. The Morgan fingerprint density at radius 2 is 1.68 bits per heavy atom. The maximum atomic E-state index is 12.2. The molecule has 0 saturated carbocycles. The second kappa shape index (κ2) is 8.50. The van der Waals surface area contributed by atoms with Crippen LogP contribution in [0.25, 0.3) is 0 Å². The number of hydrogen-bond donors (Lipinski definition) is 2. The van der Waals surface area contributed by atoms with Gasteiger partial charge in [0.1, 0.15) is 6.04 Å². The van der Waals surface area contributed by atoms with Gasteiger partial charge < -0.3 is 5.11 Å². The van der Waals surface area contributed by atoms with E-state index in [-0.39, 0.29) is 5.92 Å². The topological polar surface area (TPSA) is 86.7 Å². The lowest BCUT2D eigenvalue weighted by Crippen LogP contribution is -2.51. The van der Waals surface area contributed by atoms with E-state index in [2.05, 4.69) is 4.72 Å². The number of carboxylic acid groups (broad SMARTS) is 1. The van der Waals surface area contributed by atoms with E-state index in [1.807, 2.05) is 20.8 Å². The summed E-state index contributed by atoms with van der Waals surface area (Å²) in [6, 6.07) is -1.08. The quantitative estimate of drug-likeness (QED) is 0.638. The molecule has 114 valence electrons. The second-order valence-electron chi connectivity index (χ2n) is 4.72. The molecule has 0 spiro atoms. The van der Waals surface area contributed by atoms with Crippen LogP contribution in [0.4, 0.5) is 0 Å². The Morgan fingerprint density at radius 3 is 2.00 bits per heavy atom. The molecule has 6 nitrogen and oxygen atoms in total. The minimum Gasteiger partial charge on any atom is -0.480 e. The molecule has 0 aliphatic heterocycles.